The molecule has 24 heavy (non-hydrogen) atoms. The third-order valence-corrected chi connectivity index (χ3v) is 4.73. The standard InChI is InChI=1S/C20H23N3O/c21-14-16-10-11-20(22-15-16)23-12-6-2-5-9-18(23)13-19(24)17-7-3-1-4-8-17/h1,3-4,7-8,10-11,15,18-19,24H,2,5-6,9,12-13H2/t18-,19+/m0/s1. The fraction of sp³-hybridized carbons (Fsp3) is 0.400. The second kappa shape index (κ2) is 7.94. The van der Waals surface area contributed by atoms with Crippen molar-refractivity contribution in [1.82, 2.24) is 4.98 Å². The van der Waals surface area contributed by atoms with Crippen molar-refractivity contribution < 1.29 is 5.11 Å². The number of aromatic nitrogens is 1. The molecule has 4 nitrogen and oxygen atoms in total. The fourth-order valence-corrected chi connectivity index (χ4v) is 3.42. The first-order chi connectivity index (χ1) is 11.8. The topological polar surface area (TPSA) is 60.2 Å². The highest BCUT2D eigenvalue weighted by Gasteiger charge is 2.25. The van der Waals surface area contributed by atoms with E-state index in [-0.39, 0.29) is 6.04 Å². The van der Waals surface area contributed by atoms with Crippen LogP contribution in [0.25, 0.3) is 0 Å². The number of aliphatic hydroxyl groups excluding tert-OH is 1. The molecular weight excluding hydrogens is 298 g/mol. The van der Waals surface area contributed by atoms with Gasteiger partial charge in [-0.3, -0.25) is 0 Å². The zero-order valence-corrected chi connectivity index (χ0v) is 13.8. The Hall–Kier alpha value is -2.38. The second-order valence-electron chi connectivity index (χ2n) is 6.38. The summed E-state index contributed by atoms with van der Waals surface area (Å²) in [7, 11) is 0. The Labute approximate surface area is 143 Å². The Bertz CT molecular complexity index is 678. The van der Waals surface area contributed by atoms with Crippen LogP contribution < -0.4 is 4.90 Å². The molecule has 1 fully saturated rings. The van der Waals surface area contributed by atoms with Gasteiger partial charge >= 0.3 is 0 Å². The summed E-state index contributed by atoms with van der Waals surface area (Å²) in [5, 5.41) is 19.6. The summed E-state index contributed by atoms with van der Waals surface area (Å²) in [6.45, 7) is 0.949. The van der Waals surface area contributed by atoms with Crippen LogP contribution in [0.5, 0.6) is 0 Å². The van der Waals surface area contributed by atoms with Gasteiger partial charge in [0.05, 0.1) is 11.7 Å². The molecule has 0 aliphatic carbocycles. The molecule has 2 atom stereocenters. The average Bonchev–Trinajstić information content (AvgIpc) is 2.88. The molecule has 2 aromatic rings. The lowest BCUT2D eigenvalue weighted by Crippen LogP contribution is -2.36. The normalized spacial score (nSPS) is 19.3. The molecule has 1 aliphatic heterocycles. The summed E-state index contributed by atoms with van der Waals surface area (Å²) in [4.78, 5) is 6.77. The van der Waals surface area contributed by atoms with Crippen molar-refractivity contribution in [3.8, 4) is 6.07 Å². The lowest BCUT2D eigenvalue weighted by molar-refractivity contribution is 0.155. The maximum atomic E-state index is 10.6. The number of hydrogen-bond acceptors (Lipinski definition) is 4. The molecule has 3 rings (SSSR count). The van der Waals surface area contributed by atoms with E-state index < -0.39 is 6.10 Å². The number of benzene rings is 1. The molecule has 1 aromatic heterocycles. The minimum Gasteiger partial charge on any atom is -0.388 e. The Morgan fingerprint density at radius 1 is 1.17 bits per heavy atom. The smallest absolute Gasteiger partial charge is 0.128 e. The van der Waals surface area contributed by atoms with Gasteiger partial charge in [-0.2, -0.15) is 5.26 Å². The van der Waals surface area contributed by atoms with E-state index >= 15 is 0 Å². The highest BCUT2D eigenvalue weighted by Crippen LogP contribution is 2.29. The zero-order valence-electron chi connectivity index (χ0n) is 13.8. The number of hydrogen-bond donors (Lipinski definition) is 1. The average molecular weight is 321 g/mol. The van der Waals surface area contributed by atoms with E-state index in [1.165, 1.54) is 12.8 Å². The first-order valence-corrected chi connectivity index (χ1v) is 8.64. The van der Waals surface area contributed by atoms with Gasteiger partial charge in [0.15, 0.2) is 0 Å². The van der Waals surface area contributed by atoms with E-state index in [4.69, 9.17) is 5.26 Å². The van der Waals surface area contributed by atoms with Crippen molar-refractivity contribution >= 4 is 5.82 Å². The quantitative estimate of drug-likeness (QED) is 0.930. The highest BCUT2D eigenvalue weighted by atomic mass is 16.3. The van der Waals surface area contributed by atoms with Crippen LogP contribution in [0.15, 0.2) is 48.7 Å². The number of aliphatic hydroxyl groups is 1. The van der Waals surface area contributed by atoms with E-state index in [1.54, 1.807) is 6.20 Å². The van der Waals surface area contributed by atoms with Crippen molar-refractivity contribution in [2.45, 2.75) is 44.2 Å². The largest absolute Gasteiger partial charge is 0.388 e. The van der Waals surface area contributed by atoms with Crippen molar-refractivity contribution in [2.75, 3.05) is 11.4 Å². The van der Waals surface area contributed by atoms with Gasteiger partial charge in [-0.1, -0.05) is 43.2 Å². The minimum atomic E-state index is -0.463. The van der Waals surface area contributed by atoms with Gasteiger partial charge in [-0.05, 0) is 37.0 Å². The number of pyridine rings is 1. The lowest BCUT2D eigenvalue weighted by Gasteiger charge is -2.32. The van der Waals surface area contributed by atoms with Crippen LogP contribution in [-0.4, -0.2) is 22.7 Å². The Balaban J connectivity index is 1.78. The predicted molar refractivity (Wildman–Crippen MR) is 94.6 cm³/mol. The summed E-state index contributed by atoms with van der Waals surface area (Å²) >= 11 is 0. The molecule has 0 saturated carbocycles. The second-order valence-corrected chi connectivity index (χ2v) is 6.38. The molecular formula is C20H23N3O. The maximum Gasteiger partial charge on any atom is 0.128 e. The van der Waals surface area contributed by atoms with Gasteiger partial charge in [-0.25, -0.2) is 4.98 Å². The van der Waals surface area contributed by atoms with Crippen LogP contribution in [-0.2, 0) is 0 Å². The predicted octanol–water partition coefficient (Wildman–Crippen LogP) is 3.83. The highest BCUT2D eigenvalue weighted by molar-refractivity contribution is 5.43. The molecule has 1 aliphatic rings. The molecule has 1 N–H and O–H groups in total. The summed E-state index contributed by atoms with van der Waals surface area (Å²) in [6.07, 6.45) is 6.46. The molecule has 1 aromatic carbocycles. The van der Waals surface area contributed by atoms with Crippen LogP contribution in [0.4, 0.5) is 5.82 Å². The molecule has 4 heteroatoms. The van der Waals surface area contributed by atoms with Gasteiger partial charge in [0.25, 0.3) is 0 Å². The molecule has 124 valence electrons. The molecule has 2 heterocycles. The van der Waals surface area contributed by atoms with Crippen LogP contribution in [0.1, 0.15) is 49.3 Å². The Morgan fingerprint density at radius 3 is 2.71 bits per heavy atom. The molecule has 1 saturated heterocycles. The van der Waals surface area contributed by atoms with Crippen molar-refractivity contribution in [3.05, 3.63) is 59.8 Å². The van der Waals surface area contributed by atoms with Crippen LogP contribution in [0, 0.1) is 11.3 Å². The zero-order chi connectivity index (χ0) is 16.8. The third-order valence-electron chi connectivity index (χ3n) is 4.73. The summed E-state index contributed by atoms with van der Waals surface area (Å²) < 4.78 is 0. The van der Waals surface area contributed by atoms with Gasteiger partial charge in [0, 0.05) is 18.8 Å². The molecule has 0 bridgehead atoms. The van der Waals surface area contributed by atoms with E-state index in [1.807, 2.05) is 42.5 Å². The van der Waals surface area contributed by atoms with Gasteiger partial charge in [0.1, 0.15) is 11.9 Å². The summed E-state index contributed by atoms with van der Waals surface area (Å²) in [5.74, 6) is 0.904. The number of anilines is 1. The monoisotopic (exact) mass is 321 g/mol. The molecule has 0 spiro atoms. The SMILES string of the molecule is N#Cc1ccc(N2CCCCC[C@H]2C[C@@H](O)c2ccccc2)nc1. The Morgan fingerprint density at radius 2 is 2.00 bits per heavy atom. The van der Waals surface area contributed by atoms with Crippen LogP contribution >= 0.6 is 0 Å². The Kier molecular flexibility index (Phi) is 5.45. The van der Waals surface area contributed by atoms with Gasteiger partial charge in [-0.15, -0.1) is 0 Å². The molecule has 0 unspecified atom stereocenters. The fourth-order valence-electron chi connectivity index (χ4n) is 3.42. The molecule has 0 radical (unpaired) electrons. The maximum absolute atomic E-state index is 10.6. The number of rotatable bonds is 4. The van der Waals surface area contributed by atoms with Crippen molar-refractivity contribution in [2.24, 2.45) is 0 Å². The number of nitrogens with zero attached hydrogens (tertiary/aromatic N) is 3. The first kappa shape index (κ1) is 16.5. The van der Waals surface area contributed by atoms with E-state index in [9.17, 15) is 5.11 Å². The van der Waals surface area contributed by atoms with Gasteiger partial charge in [0.2, 0.25) is 0 Å². The first-order valence-electron chi connectivity index (χ1n) is 8.64. The van der Waals surface area contributed by atoms with E-state index in [2.05, 4.69) is 16.0 Å². The van der Waals surface area contributed by atoms with Crippen molar-refractivity contribution in [3.63, 3.8) is 0 Å². The van der Waals surface area contributed by atoms with Crippen LogP contribution in [0.3, 0.4) is 0 Å². The summed E-state index contributed by atoms with van der Waals surface area (Å²) in [5.41, 5.74) is 1.55. The lowest BCUT2D eigenvalue weighted by atomic mass is 9.98. The minimum absolute atomic E-state index is 0.267. The molecule has 0 amide bonds. The summed E-state index contributed by atoms with van der Waals surface area (Å²) in [6, 6.07) is 16.0. The third kappa shape index (κ3) is 3.93. The van der Waals surface area contributed by atoms with Crippen molar-refractivity contribution in [1.29, 1.82) is 5.26 Å². The van der Waals surface area contributed by atoms with E-state index in [0.717, 1.165) is 30.8 Å². The number of nitriles is 1. The van der Waals surface area contributed by atoms with Gasteiger partial charge < -0.3 is 10.0 Å². The van der Waals surface area contributed by atoms with E-state index in [0.29, 0.717) is 12.0 Å². The van der Waals surface area contributed by atoms with Crippen LogP contribution in [0.2, 0.25) is 0 Å².